The number of rotatable bonds is 5. The maximum absolute atomic E-state index is 11.8. The zero-order valence-electron chi connectivity index (χ0n) is 11.9. The molecule has 0 spiro atoms. The van der Waals surface area contributed by atoms with Crippen molar-refractivity contribution in [1.29, 1.82) is 0 Å². The number of carbonyl (C=O) groups excluding carboxylic acids is 2. The Bertz CT molecular complexity index is 713. The lowest BCUT2D eigenvalue weighted by Gasteiger charge is -2.04. The molecule has 0 aliphatic carbocycles. The van der Waals surface area contributed by atoms with Gasteiger partial charge in [0.2, 0.25) is 0 Å². The number of amides is 2. The van der Waals surface area contributed by atoms with Gasteiger partial charge >= 0.3 is 0 Å². The summed E-state index contributed by atoms with van der Waals surface area (Å²) in [5.41, 5.74) is 3.54. The van der Waals surface area contributed by atoms with Crippen LogP contribution in [0.3, 0.4) is 0 Å². The Morgan fingerprint density at radius 2 is 1.52 bits per heavy atom. The molecule has 0 aliphatic rings. The molecular weight excluding hydrogens is 337 g/mol. The molecule has 0 atom stereocenters. The molecule has 0 unspecified atom stereocenters. The molecule has 2 rings (SSSR count). The van der Waals surface area contributed by atoms with Crippen LogP contribution in [0.5, 0.6) is 0 Å². The molecule has 2 aromatic carbocycles. The van der Waals surface area contributed by atoms with E-state index in [1.807, 2.05) is 0 Å². The quantitative estimate of drug-likeness (QED) is 0.643. The number of nitrogens with one attached hydrogen (secondary N) is 2. The van der Waals surface area contributed by atoms with Crippen molar-refractivity contribution in [3.05, 3.63) is 69.7 Å². The van der Waals surface area contributed by atoms with Crippen LogP contribution in [0.15, 0.2) is 53.6 Å². The molecule has 118 valence electrons. The molecule has 2 amide bonds. The van der Waals surface area contributed by atoms with Crippen LogP contribution in [0.25, 0.3) is 0 Å². The monoisotopic (exact) mass is 349 g/mol. The van der Waals surface area contributed by atoms with E-state index < -0.39 is 5.91 Å². The summed E-state index contributed by atoms with van der Waals surface area (Å²) >= 11 is 11.5. The summed E-state index contributed by atoms with van der Waals surface area (Å²) in [6.45, 7) is -0.181. The Kier molecular flexibility index (Phi) is 6.14. The maximum atomic E-state index is 11.8. The number of benzene rings is 2. The third-order valence-electron chi connectivity index (χ3n) is 2.79. The molecule has 2 aromatic rings. The molecule has 0 radical (unpaired) electrons. The molecule has 2 N–H and O–H groups in total. The van der Waals surface area contributed by atoms with Crippen molar-refractivity contribution in [3.8, 4) is 0 Å². The number of carbonyl (C=O) groups is 2. The highest BCUT2D eigenvalue weighted by Crippen LogP contribution is 2.09. The van der Waals surface area contributed by atoms with Crippen LogP contribution in [-0.2, 0) is 4.79 Å². The predicted molar refractivity (Wildman–Crippen MR) is 91.0 cm³/mol. The molecule has 0 saturated carbocycles. The van der Waals surface area contributed by atoms with E-state index in [1.165, 1.54) is 6.21 Å². The van der Waals surface area contributed by atoms with Crippen molar-refractivity contribution < 1.29 is 9.59 Å². The van der Waals surface area contributed by atoms with Crippen molar-refractivity contribution >= 4 is 41.2 Å². The summed E-state index contributed by atoms with van der Waals surface area (Å²) in [4.78, 5) is 23.4. The van der Waals surface area contributed by atoms with E-state index in [0.29, 0.717) is 15.6 Å². The molecule has 0 bridgehead atoms. The van der Waals surface area contributed by atoms with Crippen LogP contribution in [0, 0.1) is 0 Å². The van der Waals surface area contributed by atoms with Crippen molar-refractivity contribution in [1.82, 2.24) is 10.7 Å². The fourth-order valence-electron chi connectivity index (χ4n) is 1.63. The smallest absolute Gasteiger partial charge is 0.259 e. The summed E-state index contributed by atoms with van der Waals surface area (Å²) in [7, 11) is 0. The second kappa shape index (κ2) is 8.31. The van der Waals surface area contributed by atoms with Crippen LogP contribution in [0.1, 0.15) is 15.9 Å². The highest BCUT2D eigenvalue weighted by Gasteiger charge is 2.07. The van der Waals surface area contributed by atoms with Crippen LogP contribution in [0.2, 0.25) is 10.0 Å². The highest BCUT2D eigenvalue weighted by molar-refractivity contribution is 6.30. The normalized spacial score (nSPS) is 10.5. The minimum absolute atomic E-state index is 0.181. The van der Waals surface area contributed by atoms with Gasteiger partial charge in [0.05, 0.1) is 12.8 Å². The number of halogens is 2. The lowest BCUT2D eigenvalue weighted by molar-refractivity contribution is -0.120. The molecule has 5 nitrogen and oxygen atoms in total. The van der Waals surface area contributed by atoms with Gasteiger partial charge in [0.1, 0.15) is 0 Å². The van der Waals surface area contributed by atoms with Crippen molar-refractivity contribution in [2.45, 2.75) is 0 Å². The van der Waals surface area contributed by atoms with Gasteiger partial charge in [0, 0.05) is 15.6 Å². The first kappa shape index (κ1) is 17.0. The Balaban J connectivity index is 1.77. The van der Waals surface area contributed by atoms with Gasteiger partial charge < -0.3 is 5.32 Å². The van der Waals surface area contributed by atoms with E-state index in [9.17, 15) is 9.59 Å². The third-order valence-corrected chi connectivity index (χ3v) is 3.29. The number of nitrogens with zero attached hydrogens (tertiary/aromatic N) is 1. The van der Waals surface area contributed by atoms with E-state index in [-0.39, 0.29) is 12.5 Å². The molecule has 23 heavy (non-hydrogen) atoms. The summed E-state index contributed by atoms with van der Waals surface area (Å²) in [5, 5.41) is 7.45. The fraction of sp³-hybridized carbons (Fsp3) is 0.0625. The molecule has 0 aliphatic heterocycles. The Morgan fingerprint density at radius 3 is 2.13 bits per heavy atom. The first-order chi connectivity index (χ1) is 11.0. The van der Waals surface area contributed by atoms with E-state index in [4.69, 9.17) is 23.2 Å². The van der Waals surface area contributed by atoms with Crippen LogP contribution in [0.4, 0.5) is 0 Å². The minimum Gasteiger partial charge on any atom is -0.343 e. The van der Waals surface area contributed by atoms with E-state index in [0.717, 1.165) is 5.56 Å². The van der Waals surface area contributed by atoms with E-state index >= 15 is 0 Å². The standard InChI is InChI=1S/C16H13Cl2N3O2/c17-13-5-1-11(2-6-13)9-20-21-15(22)10-19-16(23)12-3-7-14(18)8-4-12/h1-9H,10H2,(H,19,23)(H,21,22)/b20-9-. The van der Waals surface area contributed by atoms with Gasteiger partial charge in [-0.2, -0.15) is 5.10 Å². The first-order valence-electron chi connectivity index (χ1n) is 6.66. The molecule has 0 heterocycles. The topological polar surface area (TPSA) is 70.6 Å². The van der Waals surface area contributed by atoms with Crippen LogP contribution >= 0.6 is 23.2 Å². The largest absolute Gasteiger partial charge is 0.343 e. The molecule has 7 heteroatoms. The van der Waals surface area contributed by atoms with E-state index in [1.54, 1.807) is 48.5 Å². The first-order valence-corrected chi connectivity index (χ1v) is 7.41. The lowest BCUT2D eigenvalue weighted by atomic mass is 10.2. The summed E-state index contributed by atoms with van der Waals surface area (Å²) in [6.07, 6.45) is 1.48. The van der Waals surface area contributed by atoms with Crippen LogP contribution in [-0.4, -0.2) is 24.6 Å². The minimum atomic E-state index is -0.433. The van der Waals surface area contributed by atoms with Crippen molar-refractivity contribution in [3.63, 3.8) is 0 Å². The Hall–Kier alpha value is -2.37. The van der Waals surface area contributed by atoms with Crippen molar-refractivity contribution in [2.24, 2.45) is 5.10 Å². The SMILES string of the molecule is O=C(CNC(=O)c1ccc(Cl)cc1)N/N=C\c1ccc(Cl)cc1. The van der Waals surface area contributed by atoms with Gasteiger partial charge in [-0.25, -0.2) is 5.43 Å². The highest BCUT2D eigenvalue weighted by atomic mass is 35.5. The van der Waals surface area contributed by atoms with Gasteiger partial charge in [-0.3, -0.25) is 9.59 Å². The average molecular weight is 350 g/mol. The summed E-state index contributed by atoms with van der Waals surface area (Å²) < 4.78 is 0. The average Bonchev–Trinajstić information content (AvgIpc) is 2.55. The van der Waals surface area contributed by atoms with E-state index in [2.05, 4.69) is 15.8 Å². The van der Waals surface area contributed by atoms with Gasteiger partial charge in [-0.1, -0.05) is 35.3 Å². The third kappa shape index (κ3) is 5.73. The zero-order valence-corrected chi connectivity index (χ0v) is 13.4. The van der Waals surface area contributed by atoms with Gasteiger partial charge in [0.15, 0.2) is 0 Å². The zero-order chi connectivity index (χ0) is 16.7. The molecule has 0 saturated heterocycles. The summed E-state index contributed by atoms with van der Waals surface area (Å²) in [5.74, 6) is -0.795. The number of hydrogen-bond donors (Lipinski definition) is 2. The fourth-order valence-corrected chi connectivity index (χ4v) is 1.88. The molecule has 0 fully saturated rings. The number of hydrogen-bond acceptors (Lipinski definition) is 3. The lowest BCUT2D eigenvalue weighted by Crippen LogP contribution is -2.34. The molecular formula is C16H13Cl2N3O2. The Labute approximate surface area is 143 Å². The van der Waals surface area contributed by atoms with Gasteiger partial charge in [-0.05, 0) is 42.0 Å². The van der Waals surface area contributed by atoms with Crippen LogP contribution < -0.4 is 10.7 Å². The number of hydrazone groups is 1. The van der Waals surface area contributed by atoms with Gasteiger partial charge in [-0.15, -0.1) is 0 Å². The van der Waals surface area contributed by atoms with Gasteiger partial charge in [0.25, 0.3) is 11.8 Å². The molecule has 0 aromatic heterocycles. The summed E-state index contributed by atoms with van der Waals surface area (Å²) in [6, 6.07) is 13.3. The second-order valence-corrected chi connectivity index (χ2v) is 5.41. The van der Waals surface area contributed by atoms with Crippen molar-refractivity contribution in [2.75, 3.05) is 6.54 Å². The second-order valence-electron chi connectivity index (χ2n) is 4.53. The maximum Gasteiger partial charge on any atom is 0.259 e. The Morgan fingerprint density at radius 1 is 0.957 bits per heavy atom. The predicted octanol–water partition coefficient (Wildman–Crippen LogP) is 2.87.